The lowest BCUT2D eigenvalue weighted by Crippen LogP contribution is -2.44. The Morgan fingerprint density at radius 2 is 2.00 bits per heavy atom. The van der Waals surface area contributed by atoms with Crippen LogP contribution in [-0.4, -0.2) is 45.3 Å². The molecule has 1 unspecified atom stereocenters. The molecule has 0 radical (unpaired) electrons. The van der Waals surface area contributed by atoms with Crippen LogP contribution in [0.1, 0.15) is 30.3 Å². The Morgan fingerprint density at radius 3 is 2.56 bits per heavy atom. The molecule has 1 aromatic carbocycles. The van der Waals surface area contributed by atoms with Crippen LogP contribution >= 0.6 is 0 Å². The molecule has 1 saturated carbocycles. The molecule has 3 rings (SSSR count). The minimum atomic E-state index is -4.81. The number of carboxylic acid groups (broad SMARTS) is 1. The van der Waals surface area contributed by atoms with E-state index in [0.29, 0.717) is 10.9 Å². The Hall–Kier alpha value is -2.71. The van der Waals surface area contributed by atoms with Gasteiger partial charge < -0.3 is 19.7 Å². The second-order valence-electron chi connectivity index (χ2n) is 5.94. The molecule has 1 aromatic heterocycles. The maximum atomic E-state index is 12.7. The third-order valence-corrected chi connectivity index (χ3v) is 4.01. The summed E-state index contributed by atoms with van der Waals surface area (Å²) >= 11 is 0. The van der Waals surface area contributed by atoms with Crippen LogP contribution in [0.5, 0.6) is 5.75 Å². The lowest BCUT2D eigenvalue weighted by atomic mass is 10.2. The van der Waals surface area contributed by atoms with E-state index in [1.807, 2.05) is 0 Å². The monoisotopic (exact) mass is 356 g/mol. The Labute approximate surface area is 140 Å². The van der Waals surface area contributed by atoms with Gasteiger partial charge in [0.05, 0.1) is 0 Å². The summed E-state index contributed by atoms with van der Waals surface area (Å²) in [5.74, 6) is -2.01. The fraction of sp³-hybridized carbons (Fsp3) is 0.375. The second kappa shape index (κ2) is 5.98. The molecule has 1 heterocycles. The quantitative estimate of drug-likeness (QED) is 0.862. The summed E-state index contributed by atoms with van der Waals surface area (Å²) in [5, 5.41) is 9.71. The molecular weight excluding hydrogens is 341 g/mol. The van der Waals surface area contributed by atoms with Gasteiger partial charge in [0.25, 0.3) is 5.91 Å². The summed E-state index contributed by atoms with van der Waals surface area (Å²) in [6.07, 6.45) is -3.35. The first kappa shape index (κ1) is 17.1. The van der Waals surface area contributed by atoms with Crippen molar-refractivity contribution in [1.29, 1.82) is 0 Å². The van der Waals surface area contributed by atoms with Gasteiger partial charge in [-0.15, -0.1) is 13.2 Å². The van der Waals surface area contributed by atoms with Crippen LogP contribution in [0.3, 0.4) is 0 Å². The third-order valence-electron chi connectivity index (χ3n) is 4.01. The number of carboxylic acids is 1. The van der Waals surface area contributed by atoms with Gasteiger partial charge in [-0.1, -0.05) is 0 Å². The van der Waals surface area contributed by atoms with Crippen LogP contribution in [0, 0.1) is 0 Å². The molecule has 1 amide bonds. The van der Waals surface area contributed by atoms with Gasteiger partial charge in [-0.2, -0.15) is 0 Å². The largest absolute Gasteiger partial charge is 0.573 e. The van der Waals surface area contributed by atoms with E-state index < -0.39 is 30.0 Å². The molecule has 2 N–H and O–H groups in total. The Morgan fingerprint density at radius 1 is 1.32 bits per heavy atom. The molecule has 0 bridgehead atoms. The van der Waals surface area contributed by atoms with Gasteiger partial charge in [0, 0.05) is 23.0 Å². The summed E-state index contributed by atoms with van der Waals surface area (Å²) in [6, 6.07) is 4.05. The molecule has 25 heavy (non-hydrogen) atoms. The number of fused-ring (bicyclic) bond motifs is 1. The highest BCUT2D eigenvalue weighted by molar-refractivity contribution is 6.00. The van der Waals surface area contributed by atoms with E-state index in [0.717, 1.165) is 25.0 Å². The van der Waals surface area contributed by atoms with Crippen LogP contribution in [0.4, 0.5) is 13.2 Å². The number of amides is 1. The number of alkyl halides is 3. The molecule has 9 heteroatoms. The van der Waals surface area contributed by atoms with Crippen molar-refractivity contribution in [1.82, 2.24) is 9.88 Å². The van der Waals surface area contributed by atoms with Gasteiger partial charge >= 0.3 is 12.3 Å². The average molecular weight is 356 g/mol. The molecule has 0 spiro atoms. The minimum Gasteiger partial charge on any atom is -0.480 e. The molecule has 0 saturated heterocycles. The third kappa shape index (κ3) is 3.70. The molecule has 6 nitrogen and oxygen atoms in total. The van der Waals surface area contributed by atoms with Crippen LogP contribution in [0.2, 0.25) is 0 Å². The SMILES string of the molecule is CC(C(=O)O)N(C(=O)c1cc2ccc(OC(F)(F)F)cc2[nH]1)C1CC1. The Kier molecular flexibility index (Phi) is 4.09. The van der Waals surface area contributed by atoms with Gasteiger partial charge in [-0.3, -0.25) is 4.79 Å². The summed E-state index contributed by atoms with van der Waals surface area (Å²) in [4.78, 5) is 27.9. The number of hydrogen-bond donors (Lipinski definition) is 2. The number of hydrogen-bond acceptors (Lipinski definition) is 3. The number of nitrogens with zero attached hydrogens (tertiary/aromatic N) is 1. The number of H-pyrrole nitrogens is 1. The molecule has 0 aliphatic heterocycles. The maximum Gasteiger partial charge on any atom is 0.573 e. The van der Waals surface area contributed by atoms with Crippen molar-refractivity contribution in [2.24, 2.45) is 0 Å². The number of aliphatic carboxylic acids is 1. The lowest BCUT2D eigenvalue weighted by molar-refractivity contribution is -0.274. The number of carbonyl (C=O) groups excluding carboxylic acids is 1. The number of aromatic nitrogens is 1. The smallest absolute Gasteiger partial charge is 0.480 e. The molecule has 1 fully saturated rings. The topological polar surface area (TPSA) is 82.6 Å². The van der Waals surface area contributed by atoms with E-state index in [4.69, 9.17) is 0 Å². The van der Waals surface area contributed by atoms with E-state index >= 15 is 0 Å². The van der Waals surface area contributed by atoms with Crippen LogP contribution in [0.25, 0.3) is 10.9 Å². The average Bonchev–Trinajstić information content (AvgIpc) is 3.23. The van der Waals surface area contributed by atoms with Crippen molar-refractivity contribution >= 4 is 22.8 Å². The normalized spacial score (nSPS) is 15.8. The Bertz CT molecular complexity index is 826. The summed E-state index contributed by atoms with van der Waals surface area (Å²) in [6.45, 7) is 1.43. The minimum absolute atomic E-state index is 0.124. The van der Waals surface area contributed by atoms with Gasteiger partial charge in [0.2, 0.25) is 0 Å². The predicted octanol–water partition coefficient (Wildman–Crippen LogP) is 3.14. The number of nitrogens with one attached hydrogen (secondary N) is 1. The highest BCUT2D eigenvalue weighted by Gasteiger charge is 2.39. The summed E-state index contributed by atoms with van der Waals surface area (Å²) in [5.41, 5.74) is 0.419. The first-order valence-corrected chi connectivity index (χ1v) is 7.59. The van der Waals surface area contributed by atoms with Crippen molar-refractivity contribution in [3.8, 4) is 5.75 Å². The zero-order valence-corrected chi connectivity index (χ0v) is 13.1. The van der Waals surface area contributed by atoms with E-state index in [9.17, 15) is 27.9 Å². The predicted molar refractivity (Wildman–Crippen MR) is 81.3 cm³/mol. The van der Waals surface area contributed by atoms with Gasteiger partial charge in [0.15, 0.2) is 0 Å². The van der Waals surface area contributed by atoms with Crippen LogP contribution in [0.15, 0.2) is 24.3 Å². The van der Waals surface area contributed by atoms with Crippen molar-refractivity contribution in [2.45, 2.75) is 38.2 Å². The molecular formula is C16H15F3N2O4. The highest BCUT2D eigenvalue weighted by Crippen LogP contribution is 2.31. The summed E-state index contributed by atoms with van der Waals surface area (Å²) in [7, 11) is 0. The van der Waals surface area contributed by atoms with Crippen molar-refractivity contribution in [2.75, 3.05) is 0 Å². The fourth-order valence-corrected chi connectivity index (χ4v) is 2.69. The standard InChI is InChI=1S/C16H15F3N2O4/c1-8(15(23)24)21(10-3-4-10)14(22)13-6-9-2-5-11(7-12(9)20-13)25-16(17,18)19/h2,5-8,10,20H,3-4H2,1H3,(H,23,24). The molecule has 1 aliphatic carbocycles. The maximum absolute atomic E-state index is 12.7. The van der Waals surface area contributed by atoms with E-state index in [2.05, 4.69) is 9.72 Å². The lowest BCUT2D eigenvalue weighted by Gasteiger charge is -2.25. The van der Waals surface area contributed by atoms with E-state index in [-0.39, 0.29) is 11.7 Å². The number of rotatable bonds is 5. The first-order chi connectivity index (χ1) is 11.7. The zero-order valence-electron chi connectivity index (χ0n) is 13.1. The van der Waals surface area contributed by atoms with Gasteiger partial charge in [-0.05, 0) is 38.0 Å². The second-order valence-corrected chi connectivity index (χ2v) is 5.94. The van der Waals surface area contributed by atoms with Crippen molar-refractivity contribution < 1.29 is 32.6 Å². The van der Waals surface area contributed by atoms with E-state index in [1.165, 1.54) is 24.0 Å². The number of halogens is 3. The van der Waals surface area contributed by atoms with Gasteiger partial charge in [0.1, 0.15) is 17.5 Å². The molecule has 134 valence electrons. The summed E-state index contributed by atoms with van der Waals surface area (Å²) < 4.78 is 40.7. The number of aromatic amines is 1. The van der Waals surface area contributed by atoms with Gasteiger partial charge in [-0.25, -0.2) is 4.79 Å². The van der Waals surface area contributed by atoms with Crippen molar-refractivity contribution in [3.05, 3.63) is 30.0 Å². The number of carbonyl (C=O) groups is 2. The zero-order chi connectivity index (χ0) is 18.4. The Balaban J connectivity index is 1.90. The fourth-order valence-electron chi connectivity index (χ4n) is 2.69. The molecule has 1 aliphatic rings. The first-order valence-electron chi connectivity index (χ1n) is 7.59. The van der Waals surface area contributed by atoms with Crippen LogP contribution in [-0.2, 0) is 4.79 Å². The molecule has 2 aromatic rings. The molecule has 1 atom stereocenters. The number of benzene rings is 1. The number of ether oxygens (including phenoxy) is 1. The van der Waals surface area contributed by atoms with E-state index in [1.54, 1.807) is 0 Å². The van der Waals surface area contributed by atoms with Crippen molar-refractivity contribution in [3.63, 3.8) is 0 Å². The van der Waals surface area contributed by atoms with Crippen LogP contribution < -0.4 is 4.74 Å². The highest BCUT2D eigenvalue weighted by atomic mass is 19.4.